The molecule has 0 amide bonds. The second-order valence-corrected chi connectivity index (χ2v) is 8.64. The summed E-state index contributed by atoms with van der Waals surface area (Å²) in [6.45, 7) is 9.83. The van der Waals surface area contributed by atoms with Gasteiger partial charge in [0.15, 0.2) is 0 Å². The molecule has 0 aliphatic carbocycles. The van der Waals surface area contributed by atoms with Gasteiger partial charge in [0.05, 0.1) is 16.8 Å². The van der Waals surface area contributed by atoms with Crippen LogP contribution in [0.5, 0.6) is 0 Å². The molecule has 28 heavy (non-hydrogen) atoms. The summed E-state index contributed by atoms with van der Waals surface area (Å²) in [4.78, 5) is 21.2. The third-order valence-electron chi connectivity index (χ3n) is 3.45. The number of rotatable bonds is 4. The number of aryl methyl sites for hydroxylation is 2. The lowest BCUT2D eigenvalue weighted by Crippen LogP contribution is -2.04. The Morgan fingerprint density at radius 3 is 1.89 bits per heavy atom. The van der Waals surface area contributed by atoms with Crippen LogP contribution in [0, 0.1) is 13.8 Å². The van der Waals surface area contributed by atoms with Crippen molar-refractivity contribution >= 4 is 35.3 Å². The van der Waals surface area contributed by atoms with Gasteiger partial charge in [0.25, 0.3) is 0 Å². The van der Waals surface area contributed by atoms with Gasteiger partial charge in [-0.25, -0.2) is 9.59 Å². The molecule has 0 saturated carbocycles. The third-order valence-corrected chi connectivity index (χ3v) is 4.16. The van der Waals surface area contributed by atoms with E-state index in [-0.39, 0.29) is 15.9 Å². The number of carboxylic acids is 2. The fraction of sp³-hybridized carbons (Fsp3) is 0.300. The molecule has 0 radical (unpaired) electrons. The summed E-state index contributed by atoms with van der Waals surface area (Å²) in [6.07, 6.45) is 0. The monoisotopic (exact) mass is 403 g/mol. The van der Waals surface area contributed by atoms with Crippen LogP contribution in [0.3, 0.4) is 0 Å². The Hall–Kier alpha value is -2.87. The molecule has 4 N–H and O–H groups in total. The minimum atomic E-state index is -0.954. The van der Waals surface area contributed by atoms with Crippen LogP contribution in [0.2, 0.25) is 0 Å². The van der Waals surface area contributed by atoms with Crippen LogP contribution in [-0.4, -0.2) is 26.9 Å². The quantitative estimate of drug-likeness (QED) is 0.352. The maximum Gasteiger partial charge on any atom is 0.335 e. The van der Waals surface area contributed by atoms with Crippen molar-refractivity contribution in [2.75, 3.05) is 5.73 Å². The maximum absolute atomic E-state index is 10.8. The van der Waals surface area contributed by atoms with Crippen molar-refractivity contribution in [2.45, 2.75) is 39.4 Å². The molecule has 150 valence electrons. The summed E-state index contributed by atoms with van der Waals surface area (Å²) >= 11 is 1.36. The van der Waals surface area contributed by atoms with Crippen molar-refractivity contribution in [1.29, 1.82) is 0 Å². The lowest BCUT2D eigenvalue weighted by Gasteiger charge is -2.11. The fourth-order valence-corrected chi connectivity index (χ4v) is 2.18. The van der Waals surface area contributed by atoms with Crippen molar-refractivity contribution in [3.05, 3.63) is 58.7 Å². The number of hydrogen-bond donors (Lipinski definition) is 3. The Morgan fingerprint density at radius 2 is 1.43 bits per heavy atom. The van der Waals surface area contributed by atoms with Gasteiger partial charge in [-0.05, 0) is 70.0 Å². The number of nitrogens with zero attached hydrogens (tertiary/aromatic N) is 2. The van der Waals surface area contributed by atoms with Crippen LogP contribution < -0.4 is 5.73 Å². The number of carboxylic acid groups (broad SMARTS) is 2. The predicted molar refractivity (Wildman–Crippen MR) is 113 cm³/mol. The molecule has 2 aromatic carbocycles. The van der Waals surface area contributed by atoms with Gasteiger partial charge in [-0.3, -0.25) is 0 Å². The van der Waals surface area contributed by atoms with Crippen LogP contribution in [0.15, 0.2) is 46.0 Å². The molecule has 8 heteroatoms. The molecule has 0 atom stereocenters. The zero-order chi connectivity index (χ0) is 21.5. The van der Waals surface area contributed by atoms with Gasteiger partial charge in [0.1, 0.15) is 0 Å². The highest BCUT2D eigenvalue weighted by atomic mass is 32.2. The second kappa shape index (κ2) is 9.89. The van der Waals surface area contributed by atoms with Gasteiger partial charge in [-0.2, -0.15) is 0 Å². The SMILES string of the molecule is Cc1ccc(C(=O)O)cc1N.Cc1ccc(C(=O)O)cc1N=NSC(C)(C)C. The number of aromatic carboxylic acids is 2. The van der Waals surface area contributed by atoms with Crippen molar-refractivity contribution in [3.8, 4) is 0 Å². The second-order valence-electron chi connectivity index (χ2n) is 7.07. The molecule has 0 bridgehead atoms. The number of anilines is 1. The first-order chi connectivity index (χ1) is 12.9. The number of benzene rings is 2. The standard InChI is InChI=1S/C12H16N2O2S.C8H9NO2/c1-8-5-6-9(11(15)16)7-10(8)13-14-17-12(2,3)4;1-5-2-3-6(8(10)11)4-7(5)9/h5-7H,1-4H3,(H,15,16);2-4H,9H2,1H3,(H,10,11). The molecule has 0 heterocycles. The van der Waals surface area contributed by atoms with Crippen molar-refractivity contribution in [2.24, 2.45) is 9.63 Å². The van der Waals surface area contributed by atoms with E-state index in [1.165, 1.54) is 30.1 Å². The van der Waals surface area contributed by atoms with E-state index >= 15 is 0 Å². The lowest BCUT2D eigenvalue weighted by molar-refractivity contribution is 0.0686. The smallest absolute Gasteiger partial charge is 0.335 e. The summed E-state index contributed by atoms with van der Waals surface area (Å²) < 4.78 is 4.02. The highest BCUT2D eigenvalue weighted by Crippen LogP contribution is 2.28. The summed E-state index contributed by atoms with van der Waals surface area (Å²) in [6, 6.07) is 9.52. The summed E-state index contributed by atoms with van der Waals surface area (Å²) in [5, 5.41) is 21.5. The zero-order valence-electron chi connectivity index (χ0n) is 16.6. The molecule has 0 aromatic heterocycles. The Morgan fingerprint density at radius 1 is 0.929 bits per heavy atom. The molecule has 7 nitrogen and oxygen atoms in total. The number of nitrogen functional groups attached to an aromatic ring is 1. The number of nitrogens with two attached hydrogens (primary N) is 1. The molecule has 2 aromatic rings. The van der Waals surface area contributed by atoms with Gasteiger partial charge in [-0.1, -0.05) is 12.1 Å². The largest absolute Gasteiger partial charge is 0.478 e. The normalized spacial score (nSPS) is 11.0. The molecular weight excluding hydrogens is 378 g/mol. The van der Waals surface area contributed by atoms with E-state index in [9.17, 15) is 9.59 Å². The highest BCUT2D eigenvalue weighted by molar-refractivity contribution is 7.99. The lowest BCUT2D eigenvalue weighted by atomic mass is 10.1. The van der Waals surface area contributed by atoms with E-state index in [0.29, 0.717) is 11.4 Å². The first-order valence-corrected chi connectivity index (χ1v) is 9.20. The summed E-state index contributed by atoms with van der Waals surface area (Å²) in [5.41, 5.74) is 8.88. The van der Waals surface area contributed by atoms with E-state index < -0.39 is 11.9 Å². The van der Waals surface area contributed by atoms with E-state index in [4.69, 9.17) is 15.9 Å². The van der Waals surface area contributed by atoms with E-state index in [2.05, 4.69) is 9.63 Å². The maximum atomic E-state index is 10.8. The third kappa shape index (κ3) is 7.79. The molecular formula is C20H25N3O4S. The van der Waals surface area contributed by atoms with Crippen LogP contribution in [0.1, 0.15) is 52.6 Å². The van der Waals surface area contributed by atoms with E-state index in [1.54, 1.807) is 18.2 Å². The molecule has 2 rings (SSSR count). The Kier molecular flexibility index (Phi) is 8.18. The van der Waals surface area contributed by atoms with Crippen molar-refractivity contribution < 1.29 is 19.8 Å². The van der Waals surface area contributed by atoms with E-state index in [1.807, 2.05) is 34.6 Å². The van der Waals surface area contributed by atoms with Crippen LogP contribution in [0.4, 0.5) is 11.4 Å². The van der Waals surface area contributed by atoms with Gasteiger partial charge in [-0.15, -0.1) is 9.63 Å². The van der Waals surface area contributed by atoms with Gasteiger partial charge >= 0.3 is 11.9 Å². The van der Waals surface area contributed by atoms with Crippen LogP contribution >= 0.6 is 11.9 Å². The average Bonchev–Trinajstić information content (AvgIpc) is 2.58. The Balaban J connectivity index is 0.000000307. The molecule has 0 fully saturated rings. The topological polar surface area (TPSA) is 125 Å². The van der Waals surface area contributed by atoms with Gasteiger partial charge < -0.3 is 15.9 Å². The van der Waals surface area contributed by atoms with Crippen molar-refractivity contribution in [3.63, 3.8) is 0 Å². The van der Waals surface area contributed by atoms with Crippen LogP contribution in [0.25, 0.3) is 0 Å². The first kappa shape index (κ1) is 23.2. The highest BCUT2D eigenvalue weighted by Gasteiger charge is 2.10. The van der Waals surface area contributed by atoms with Crippen LogP contribution in [-0.2, 0) is 0 Å². The predicted octanol–water partition coefficient (Wildman–Crippen LogP) is 5.50. The molecule has 0 aliphatic heterocycles. The molecule has 0 spiro atoms. The van der Waals surface area contributed by atoms with Gasteiger partial charge in [0, 0.05) is 22.4 Å². The first-order valence-electron chi connectivity index (χ1n) is 8.43. The van der Waals surface area contributed by atoms with Crippen molar-refractivity contribution in [1.82, 2.24) is 0 Å². The summed E-state index contributed by atoms with van der Waals surface area (Å²) in [7, 11) is 0. The van der Waals surface area contributed by atoms with E-state index in [0.717, 1.165) is 11.1 Å². The average molecular weight is 404 g/mol. The minimum absolute atomic E-state index is 0.00180. The molecule has 0 saturated heterocycles. The number of carbonyl (C=O) groups is 2. The van der Waals surface area contributed by atoms with Gasteiger partial charge in [0.2, 0.25) is 0 Å². The summed E-state index contributed by atoms with van der Waals surface area (Å²) in [5.74, 6) is -1.90. The Bertz CT molecular complexity index is 890. The Labute approximate surface area is 168 Å². The minimum Gasteiger partial charge on any atom is -0.478 e. The molecule has 0 aliphatic rings. The zero-order valence-corrected chi connectivity index (χ0v) is 17.4. The fourth-order valence-electron chi connectivity index (χ4n) is 1.81. The molecule has 0 unspecified atom stereocenters. The number of hydrogen-bond acceptors (Lipinski definition) is 6.